The van der Waals surface area contributed by atoms with Crippen LogP contribution in [0.1, 0.15) is 54.9 Å². The molecule has 0 aliphatic rings. The maximum Gasteiger partial charge on any atom is 0.342 e. The lowest BCUT2D eigenvalue weighted by Gasteiger charge is -2.14. The third-order valence-electron chi connectivity index (χ3n) is 1.05. The lowest BCUT2D eigenvalue weighted by atomic mass is 9.93. The molecule has 19 heavy (non-hydrogen) atoms. The minimum Gasteiger partial charge on any atom is -0.481 e. The van der Waals surface area contributed by atoms with Gasteiger partial charge >= 0.3 is 5.97 Å². The van der Waals surface area contributed by atoms with Crippen LogP contribution in [-0.4, -0.2) is 33.2 Å². The van der Waals surface area contributed by atoms with E-state index in [1.165, 1.54) is 0 Å². The molecule has 0 saturated heterocycles. The molecule has 0 bridgehead atoms. The Bertz CT molecular complexity index is 244. The fourth-order valence-electron chi connectivity index (χ4n) is 0.465. The van der Waals surface area contributed by atoms with Crippen molar-refractivity contribution in [1.82, 2.24) is 0 Å². The third kappa shape index (κ3) is 47.5. The highest BCUT2D eigenvalue weighted by molar-refractivity contribution is 5.69. The van der Waals surface area contributed by atoms with Crippen LogP contribution in [0.5, 0.6) is 0 Å². The van der Waals surface area contributed by atoms with Gasteiger partial charge in [0, 0.05) is 6.92 Å². The van der Waals surface area contributed by atoms with Crippen molar-refractivity contribution in [2.45, 2.75) is 60.5 Å². The molecule has 0 rings (SSSR count). The van der Waals surface area contributed by atoms with Crippen molar-refractivity contribution in [3.8, 4) is 0 Å². The molecule has 0 aromatic heterocycles. The molecular weight excluding hydrogens is 256 g/mol. The molecule has 0 radical (unpaired) electrons. The molecule has 0 unspecified atom stereocenters. The molecule has 7 heteroatoms. The number of hydrogen-bond donors (Lipinski definition) is 3. The lowest BCUT2D eigenvalue weighted by molar-refractivity contribution is -0.306. The van der Waals surface area contributed by atoms with Gasteiger partial charge in [-0.15, -0.1) is 0 Å². The van der Waals surface area contributed by atoms with E-state index >= 15 is 0 Å². The highest BCUT2D eigenvalue weighted by Gasteiger charge is 2.16. The van der Waals surface area contributed by atoms with Crippen LogP contribution in [0.15, 0.2) is 0 Å². The van der Waals surface area contributed by atoms with Gasteiger partial charge in [0.1, 0.15) is 0 Å². The van der Waals surface area contributed by atoms with Crippen LogP contribution in [0, 0.1) is 5.41 Å². The SMILES string of the molecule is CC(=O)O.CC(C)(C)CC(=O)OO.CC(C)(C)OO. The van der Waals surface area contributed by atoms with E-state index < -0.39 is 17.5 Å². The molecule has 0 amide bonds. The fourth-order valence-corrected chi connectivity index (χ4v) is 0.465. The van der Waals surface area contributed by atoms with E-state index in [1.807, 2.05) is 20.8 Å². The van der Waals surface area contributed by atoms with Gasteiger partial charge in [-0.2, -0.15) is 5.26 Å². The molecular formula is C12H26O7. The number of hydrogen-bond acceptors (Lipinski definition) is 6. The van der Waals surface area contributed by atoms with Crippen molar-refractivity contribution in [3.05, 3.63) is 0 Å². The second-order valence-electron chi connectivity index (χ2n) is 5.92. The zero-order valence-corrected chi connectivity index (χ0v) is 12.7. The largest absolute Gasteiger partial charge is 0.481 e. The number of carbonyl (C=O) groups is 2. The molecule has 0 aromatic carbocycles. The smallest absolute Gasteiger partial charge is 0.342 e. The summed E-state index contributed by atoms with van der Waals surface area (Å²) in [7, 11) is 0. The molecule has 0 aliphatic heterocycles. The Balaban J connectivity index is -0.000000222. The van der Waals surface area contributed by atoms with Crippen molar-refractivity contribution in [3.63, 3.8) is 0 Å². The van der Waals surface area contributed by atoms with Crippen LogP contribution in [0.4, 0.5) is 0 Å². The van der Waals surface area contributed by atoms with Gasteiger partial charge in [-0.25, -0.2) is 9.68 Å². The summed E-state index contributed by atoms with van der Waals surface area (Å²) in [5, 5.41) is 23.2. The van der Waals surface area contributed by atoms with E-state index in [1.54, 1.807) is 20.8 Å². The van der Waals surface area contributed by atoms with Crippen LogP contribution in [0.3, 0.4) is 0 Å². The second-order valence-corrected chi connectivity index (χ2v) is 5.92. The maximum atomic E-state index is 10.4. The van der Waals surface area contributed by atoms with Crippen molar-refractivity contribution >= 4 is 11.9 Å². The summed E-state index contributed by atoms with van der Waals surface area (Å²) < 4.78 is 0. The summed E-state index contributed by atoms with van der Waals surface area (Å²) in [5.41, 5.74) is -0.514. The number of carbonyl (C=O) groups excluding carboxylic acids is 1. The summed E-state index contributed by atoms with van der Waals surface area (Å²) in [4.78, 5) is 26.8. The molecule has 0 atom stereocenters. The van der Waals surface area contributed by atoms with Crippen molar-refractivity contribution in [2.24, 2.45) is 5.41 Å². The highest BCUT2D eigenvalue weighted by atomic mass is 17.1. The predicted molar refractivity (Wildman–Crippen MR) is 69.6 cm³/mol. The molecule has 0 fully saturated rings. The Morgan fingerprint density at radius 3 is 1.32 bits per heavy atom. The number of carboxylic acid groups (broad SMARTS) is 1. The zero-order valence-electron chi connectivity index (χ0n) is 12.7. The minimum atomic E-state index is -0.833. The normalized spacial score (nSPS) is 10.4. The number of rotatable bonds is 1. The van der Waals surface area contributed by atoms with Gasteiger partial charge in [-0.05, 0) is 26.2 Å². The Morgan fingerprint density at radius 1 is 1.00 bits per heavy atom. The first-order chi connectivity index (χ1) is 8.25. The van der Waals surface area contributed by atoms with Gasteiger partial charge in [0.05, 0.1) is 12.0 Å². The summed E-state index contributed by atoms with van der Waals surface area (Å²) in [6.07, 6.45) is 0.240. The zero-order chi connectivity index (χ0) is 16.3. The first-order valence-electron chi connectivity index (χ1n) is 5.61. The molecule has 7 nitrogen and oxygen atoms in total. The summed E-state index contributed by atoms with van der Waals surface area (Å²) in [5.74, 6) is -1.41. The van der Waals surface area contributed by atoms with E-state index in [0.29, 0.717) is 0 Å². The number of carboxylic acids is 1. The van der Waals surface area contributed by atoms with Crippen LogP contribution in [0.25, 0.3) is 0 Å². The van der Waals surface area contributed by atoms with E-state index in [9.17, 15) is 4.79 Å². The van der Waals surface area contributed by atoms with Crippen LogP contribution < -0.4 is 0 Å². The topological polar surface area (TPSA) is 113 Å². The van der Waals surface area contributed by atoms with Crippen molar-refractivity contribution < 1.29 is 35.0 Å². The monoisotopic (exact) mass is 282 g/mol. The molecule has 0 aromatic rings. The van der Waals surface area contributed by atoms with Crippen LogP contribution >= 0.6 is 0 Å². The molecule has 116 valence electrons. The van der Waals surface area contributed by atoms with Gasteiger partial charge in [0.25, 0.3) is 5.97 Å². The first kappa shape index (κ1) is 23.0. The van der Waals surface area contributed by atoms with Gasteiger partial charge in [0.15, 0.2) is 0 Å². The van der Waals surface area contributed by atoms with Crippen molar-refractivity contribution in [2.75, 3.05) is 0 Å². The van der Waals surface area contributed by atoms with Crippen LogP contribution in [0.2, 0.25) is 0 Å². The summed E-state index contributed by atoms with van der Waals surface area (Å²) in [6.45, 7) is 12.1. The van der Waals surface area contributed by atoms with E-state index in [4.69, 9.17) is 20.4 Å². The highest BCUT2D eigenvalue weighted by Crippen LogP contribution is 2.18. The van der Waals surface area contributed by atoms with E-state index in [0.717, 1.165) is 6.92 Å². The van der Waals surface area contributed by atoms with Gasteiger partial charge in [-0.1, -0.05) is 20.8 Å². The Morgan fingerprint density at radius 2 is 1.26 bits per heavy atom. The maximum absolute atomic E-state index is 10.4. The molecule has 0 spiro atoms. The van der Waals surface area contributed by atoms with E-state index in [2.05, 4.69) is 9.78 Å². The Hall–Kier alpha value is -1.18. The van der Waals surface area contributed by atoms with Gasteiger partial charge in [-0.3, -0.25) is 10.1 Å². The second kappa shape index (κ2) is 10.7. The van der Waals surface area contributed by atoms with Crippen molar-refractivity contribution in [1.29, 1.82) is 0 Å². The molecule has 0 heterocycles. The van der Waals surface area contributed by atoms with Crippen LogP contribution in [-0.2, 0) is 19.4 Å². The first-order valence-corrected chi connectivity index (χ1v) is 5.61. The van der Waals surface area contributed by atoms with Gasteiger partial charge < -0.3 is 9.99 Å². The molecule has 0 saturated carbocycles. The average Bonchev–Trinajstić information content (AvgIpc) is 2.14. The standard InChI is InChI=1S/C6H12O3.C4H10O2.C2H4O2/c1-6(2,3)4-5(7)9-8;1-4(2,3)6-5;1-2(3)4/h8H,4H2,1-3H3;5H,1-3H3;1H3,(H,3,4). The van der Waals surface area contributed by atoms with Gasteiger partial charge in [0.2, 0.25) is 0 Å². The fraction of sp³-hybridized carbons (Fsp3) is 0.833. The third-order valence-corrected chi connectivity index (χ3v) is 1.05. The summed E-state index contributed by atoms with van der Waals surface area (Å²) in [6, 6.07) is 0. The minimum absolute atomic E-state index is 0.111. The quantitative estimate of drug-likeness (QED) is 0.500. The molecule has 3 N–H and O–H groups in total. The average molecular weight is 282 g/mol. The predicted octanol–water partition coefficient (Wildman–Crippen LogP) is 2.80. The number of aliphatic carboxylic acids is 1. The Kier molecular flexibility index (Phi) is 12.9. The summed E-state index contributed by atoms with van der Waals surface area (Å²) >= 11 is 0. The lowest BCUT2D eigenvalue weighted by Crippen LogP contribution is -2.15. The Labute approximate surface area is 114 Å². The van der Waals surface area contributed by atoms with E-state index in [-0.39, 0.29) is 11.8 Å². The molecule has 0 aliphatic carbocycles.